The van der Waals surface area contributed by atoms with E-state index >= 15 is 0 Å². The Kier molecular flexibility index (Phi) is 3.83. The Balaban J connectivity index is 1.55. The number of nitrogens with zero attached hydrogens (tertiary/aromatic N) is 2. The molecule has 25 heavy (non-hydrogen) atoms. The maximum Gasteiger partial charge on any atom is 0.232 e. The number of benzene rings is 2. The van der Waals surface area contributed by atoms with Gasteiger partial charge in [-0.25, -0.2) is 0 Å². The maximum atomic E-state index is 13.0. The van der Waals surface area contributed by atoms with Crippen LogP contribution in [0.3, 0.4) is 0 Å². The van der Waals surface area contributed by atoms with Gasteiger partial charge in [0, 0.05) is 30.9 Å². The van der Waals surface area contributed by atoms with Crippen LogP contribution >= 0.6 is 0 Å². The summed E-state index contributed by atoms with van der Waals surface area (Å²) in [6.07, 6.45) is 1.19. The fourth-order valence-electron chi connectivity index (χ4n) is 4.02. The number of para-hydroxylation sites is 1. The predicted octanol–water partition coefficient (Wildman–Crippen LogP) is 3.25. The summed E-state index contributed by atoms with van der Waals surface area (Å²) in [7, 11) is 0. The number of rotatable bonds is 2. The molecule has 2 amide bonds. The van der Waals surface area contributed by atoms with Crippen molar-refractivity contribution >= 4 is 23.2 Å². The van der Waals surface area contributed by atoms with Gasteiger partial charge in [0.05, 0.1) is 5.92 Å². The van der Waals surface area contributed by atoms with Crippen LogP contribution in [0, 0.1) is 19.8 Å². The van der Waals surface area contributed by atoms with E-state index in [1.807, 2.05) is 49.1 Å². The Morgan fingerprint density at radius 1 is 1.08 bits per heavy atom. The van der Waals surface area contributed by atoms with E-state index < -0.39 is 0 Å². The molecule has 1 fully saturated rings. The molecule has 2 heterocycles. The van der Waals surface area contributed by atoms with Crippen molar-refractivity contribution in [3.63, 3.8) is 0 Å². The minimum absolute atomic E-state index is 0.0378. The minimum Gasteiger partial charge on any atom is -0.312 e. The second-order valence-corrected chi connectivity index (χ2v) is 7.12. The van der Waals surface area contributed by atoms with Crippen LogP contribution in [0.25, 0.3) is 0 Å². The third-order valence-corrected chi connectivity index (χ3v) is 5.15. The van der Waals surface area contributed by atoms with Crippen molar-refractivity contribution in [1.82, 2.24) is 0 Å². The second kappa shape index (κ2) is 6.03. The zero-order valence-corrected chi connectivity index (χ0v) is 14.7. The van der Waals surface area contributed by atoms with Crippen molar-refractivity contribution in [1.29, 1.82) is 0 Å². The van der Waals surface area contributed by atoms with Crippen molar-refractivity contribution in [3.05, 3.63) is 59.2 Å². The fourth-order valence-corrected chi connectivity index (χ4v) is 4.02. The van der Waals surface area contributed by atoms with E-state index in [9.17, 15) is 9.59 Å². The number of aryl methyl sites for hydroxylation is 2. The first-order chi connectivity index (χ1) is 12.0. The molecule has 2 aliphatic heterocycles. The van der Waals surface area contributed by atoms with Crippen molar-refractivity contribution in [2.24, 2.45) is 5.92 Å². The molecule has 128 valence electrons. The lowest BCUT2D eigenvalue weighted by Crippen LogP contribution is -2.36. The van der Waals surface area contributed by atoms with Crippen LogP contribution in [0.2, 0.25) is 0 Å². The minimum atomic E-state index is -0.264. The molecule has 1 atom stereocenters. The van der Waals surface area contributed by atoms with Gasteiger partial charge in [0.1, 0.15) is 0 Å². The van der Waals surface area contributed by atoms with Gasteiger partial charge in [-0.15, -0.1) is 0 Å². The van der Waals surface area contributed by atoms with Gasteiger partial charge < -0.3 is 9.80 Å². The normalized spacial score (nSPS) is 19.4. The average Bonchev–Trinajstić information content (AvgIpc) is 3.17. The molecule has 0 aliphatic carbocycles. The van der Waals surface area contributed by atoms with Crippen LogP contribution in [-0.2, 0) is 16.0 Å². The Labute approximate surface area is 148 Å². The van der Waals surface area contributed by atoms with E-state index in [0.717, 1.165) is 28.9 Å². The fraction of sp³-hybridized carbons (Fsp3) is 0.333. The SMILES string of the molecule is Cc1cc(C)cc(N2CC(C(=O)N3CCc4ccccc43)CC2=O)c1. The Morgan fingerprint density at radius 2 is 1.80 bits per heavy atom. The van der Waals surface area contributed by atoms with E-state index in [0.29, 0.717) is 19.5 Å². The Hall–Kier alpha value is -2.62. The molecule has 2 aromatic carbocycles. The summed E-state index contributed by atoms with van der Waals surface area (Å²) >= 11 is 0. The first-order valence-electron chi connectivity index (χ1n) is 8.81. The highest BCUT2D eigenvalue weighted by Crippen LogP contribution is 2.32. The van der Waals surface area contributed by atoms with E-state index in [-0.39, 0.29) is 17.7 Å². The van der Waals surface area contributed by atoms with Gasteiger partial charge in [0.2, 0.25) is 11.8 Å². The molecule has 0 N–H and O–H groups in total. The molecule has 4 heteroatoms. The highest BCUT2D eigenvalue weighted by atomic mass is 16.2. The van der Waals surface area contributed by atoms with Crippen molar-refractivity contribution in [2.75, 3.05) is 22.9 Å². The van der Waals surface area contributed by atoms with E-state index in [4.69, 9.17) is 0 Å². The molecule has 1 saturated heterocycles. The lowest BCUT2D eigenvalue weighted by atomic mass is 10.1. The smallest absolute Gasteiger partial charge is 0.232 e. The highest BCUT2D eigenvalue weighted by Gasteiger charge is 2.39. The van der Waals surface area contributed by atoms with Gasteiger partial charge in [-0.2, -0.15) is 0 Å². The van der Waals surface area contributed by atoms with Gasteiger partial charge in [0.25, 0.3) is 0 Å². The number of hydrogen-bond donors (Lipinski definition) is 0. The van der Waals surface area contributed by atoms with Crippen LogP contribution in [0.4, 0.5) is 11.4 Å². The molecule has 0 aromatic heterocycles. The van der Waals surface area contributed by atoms with Gasteiger partial charge in [-0.05, 0) is 55.2 Å². The Bertz CT molecular complexity index is 838. The van der Waals surface area contributed by atoms with E-state index in [2.05, 4.69) is 12.1 Å². The zero-order valence-electron chi connectivity index (χ0n) is 14.7. The predicted molar refractivity (Wildman–Crippen MR) is 98.9 cm³/mol. The zero-order chi connectivity index (χ0) is 17.6. The molecule has 2 aliphatic rings. The number of fused-ring (bicyclic) bond motifs is 1. The summed E-state index contributed by atoms with van der Waals surface area (Å²) in [4.78, 5) is 29.2. The molecular formula is C21H22N2O2. The monoisotopic (exact) mass is 334 g/mol. The number of hydrogen-bond acceptors (Lipinski definition) is 2. The summed E-state index contributed by atoms with van der Waals surface area (Å²) in [5.41, 5.74) is 5.38. The molecule has 0 saturated carbocycles. The lowest BCUT2D eigenvalue weighted by molar-refractivity contribution is -0.124. The summed E-state index contributed by atoms with van der Waals surface area (Å²) in [6.45, 7) is 5.24. The van der Waals surface area contributed by atoms with Gasteiger partial charge >= 0.3 is 0 Å². The Morgan fingerprint density at radius 3 is 2.56 bits per heavy atom. The first kappa shape index (κ1) is 15.9. The molecule has 4 nitrogen and oxygen atoms in total. The number of carbonyl (C=O) groups is 2. The second-order valence-electron chi connectivity index (χ2n) is 7.12. The van der Waals surface area contributed by atoms with E-state index in [1.54, 1.807) is 4.90 Å². The van der Waals surface area contributed by atoms with Gasteiger partial charge in [-0.1, -0.05) is 24.3 Å². The molecule has 0 spiro atoms. The van der Waals surface area contributed by atoms with Crippen molar-refractivity contribution in [3.8, 4) is 0 Å². The van der Waals surface area contributed by atoms with Crippen LogP contribution in [0.15, 0.2) is 42.5 Å². The summed E-state index contributed by atoms with van der Waals surface area (Å²) in [6, 6.07) is 14.2. The summed E-state index contributed by atoms with van der Waals surface area (Å²) < 4.78 is 0. The van der Waals surface area contributed by atoms with E-state index in [1.165, 1.54) is 5.56 Å². The van der Waals surface area contributed by atoms with Crippen molar-refractivity contribution < 1.29 is 9.59 Å². The van der Waals surface area contributed by atoms with Crippen LogP contribution in [0.1, 0.15) is 23.1 Å². The standard InChI is InChI=1S/C21H22N2O2/c1-14-9-15(2)11-18(10-14)23-13-17(12-20(23)24)21(25)22-8-7-16-5-3-4-6-19(16)22/h3-6,9-11,17H,7-8,12-13H2,1-2H3. The van der Waals surface area contributed by atoms with Crippen LogP contribution in [-0.4, -0.2) is 24.9 Å². The molecule has 0 bridgehead atoms. The van der Waals surface area contributed by atoms with Crippen molar-refractivity contribution in [2.45, 2.75) is 26.7 Å². The molecular weight excluding hydrogens is 312 g/mol. The third-order valence-electron chi connectivity index (χ3n) is 5.15. The first-order valence-corrected chi connectivity index (χ1v) is 8.81. The number of carbonyl (C=O) groups excluding carboxylic acids is 2. The molecule has 0 radical (unpaired) electrons. The number of amides is 2. The lowest BCUT2D eigenvalue weighted by Gasteiger charge is -2.22. The molecule has 2 aromatic rings. The summed E-state index contributed by atoms with van der Waals surface area (Å²) in [5.74, 6) is -0.152. The van der Waals surface area contributed by atoms with Gasteiger partial charge in [-0.3, -0.25) is 9.59 Å². The maximum absolute atomic E-state index is 13.0. The largest absolute Gasteiger partial charge is 0.312 e. The highest BCUT2D eigenvalue weighted by molar-refractivity contribution is 6.05. The summed E-state index contributed by atoms with van der Waals surface area (Å²) in [5, 5.41) is 0. The third kappa shape index (κ3) is 2.82. The average molecular weight is 334 g/mol. The van der Waals surface area contributed by atoms with Crippen LogP contribution < -0.4 is 9.80 Å². The van der Waals surface area contributed by atoms with Gasteiger partial charge in [0.15, 0.2) is 0 Å². The molecule has 4 rings (SSSR count). The topological polar surface area (TPSA) is 40.6 Å². The molecule has 1 unspecified atom stereocenters. The quantitative estimate of drug-likeness (QED) is 0.846. The van der Waals surface area contributed by atoms with Crippen LogP contribution in [0.5, 0.6) is 0 Å². The number of anilines is 2.